The summed E-state index contributed by atoms with van der Waals surface area (Å²) in [6.07, 6.45) is 0. The van der Waals surface area contributed by atoms with E-state index in [1.165, 1.54) is 14.2 Å². The summed E-state index contributed by atoms with van der Waals surface area (Å²) in [7, 11) is 0. The molecule has 0 rings (SSSR count). The van der Waals surface area contributed by atoms with Crippen molar-refractivity contribution in [1.82, 2.24) is 0 Å². The van der Waals surface area contributed by atoms with Crippen molar-refractivity contribution in [3.05, 3.63) is 0 Å². The Labute approximate surface area is 57.9 Å². The Morgan fingerprint density at radius 1 is 0.875 bits per heavy atom. The van der Waals surface area contributed by atoms with Gasteiger partial charge in [-0.2, -0.15) is 0 Å². The third-order valence-corrected chi connectivity index (χ3v) is 6.18. The number of rotatable bonds is 3. The molecule has 0 nitrogen and oxygen atoms in total. The maximum absolute atomic E-state index is 2.34. The fraction of sp³-hybridized carbons (Fsp3) is 1.00. The molecule has 0 aromatic rings. The van der Waals surface area contributed by atoms with Crippen LogP contribution >= 0.6 is 0 Å². The quantitative estimate of drug-likeness (QED) is 0.549. The molecule has 0 unspecified atom stereocenters. The molecule has 0 aliphatic carbocycles. The maximum Gasteiger partial charge on any atom is -0.269 e. The van der Waals surface area contributed by atoms with Crippen LogP contribution in [-0.2, 0) is 17.9 Å². The van der Waals surface area contributed by atoms with Gasteiger partial charge in [0.2, 0.25) is 0 Å². The predicted molar refractivity (Wildman–Crippen MR) is 33.9 cm³/mol. The molecule has 0 aliphatic rings. The van der Waals surface area contributed by atoms with Gasteiger partial charge in [-0.15, -0.1) is 0 Å². The Hall–Kier alpha value is 0.644. The summed E-state index contributed by atoms with van der Waals surface area (Å²) in [4.78, 5) is 0. The van der Waals surface area contributed by atoms with E-state index in [4.69, 9.17) is 0 Å². The summed E-state index contributed by atoms with van der Waals surface area (Å²) >= 11 is -0.403. The third kappa shape index (κ3) is 4.79. The minimum Gasteiger partial charge on any atom is -0.269 e. The third-order valence-electron chi connectivity index (χ3n) is 1.50. The summed E-state index contributed by atoms with van der Waals surface area (Å²) in [5.74, 6) is 0. The van der Waals surface area contributed by atoms with E-state index in [2.05, 4.69) is 20.8 Å². The van der Waals surface area contributed by atoms with Gasteiger partial charge < -0.3 is 0 Å². The van der Waals surface area contributed by atoms with E-state index in [1.807, 2.05) is 0 Å². The normalized spacial score (nSPS) is 7.88. The van der Waals surface area contributed by atoms with Crippen LogP contribution in [0, 0.1) is 0 Å². The van der Waals surface area contributed by atoms with E-state index in [0.29, 0.717) is 0 Å². The average Bonchev–Trinajstić information content (AvgIpc) is 1.72. The first kappa shape index (κ1) is 11.4. The van der Waals surface area contributed by atoms with E-state index in [0.717, 1.165) is 0 Å². The summed E-state index contributed by atoms with van der Waals surface area (Å²) in [6.45, 7) is 7.01. The molecule has 0 atom stereocenters. The van der Waals surface area contributed by atoms with Gasteiger partial charge in [-0.05, 0) is 0 Å². The Morgan fingerprint density at radius 3 is 1.12 bits per heavy atom. The van der Waals surface area contributed by atoms with Gasteiger partial charge in [-0.1, -0.05) is 0 Å². The second-order valence-corrected chi connectivity index (χ2v) is 7.47. The maximum atomic E-state index is 2.34. The second kappa shape index (κ2) is 7.64. The number of halogens is 1. The molecule has 2 heteroatoms. The minimum atomic E-state index is -0.403. The van der Waals surface area contributed by atoms with E-state index >= 15 is 0 Å². The van der Waals surface area contributed by atoms with Gasteiger partial charge in [-0.25, -0.2) is 0 Å². The van der Waals surface area contributed by atoms with Crippen LogP contribution in [0.4, 0.5) is 4.70 Å². The van der Waals surface area contributed by atoms with Crippen LogP contribution in [0.15, 0.2) is 0 Å². The summed E-state index contributed by atoms with van der Waals surface area (Å²) in [5, 5.41) is 0. The second-order valence-electron chi connectivity index (χ2n) is 1.81. The van der Waals surface area contributed by atoms with Crippen molar-refractivity contribution >= 4 is 0 Å². The minimum absolute atomic E-state index is 0. The van der Waals surface area contributed by atoms with Gasteiger partial charge >= 0.3 is 52.8 Å². The van der Waals surface area contributed by atoms with Gasteiger partial charge in [0.15, 0.2) is 0 Å². The van der Waals surface area contributed by atoms with Crippen LogP contribution in [0.25, 0.3) is 0 Å². The van der Waals surface area contributed by atoms with Crippen molar-refractivity contribution in [1.29, 1.82) is 0 Å². The Bertz CT molecular complexity index is 30.0. The van der Waals surface area contributed by atoms with Crippen LogP contribution in [0.5, 0.6) is 0 Å². The van der Waals surface area contributed by atoms with Crippen molar-refractivity contribution in [2.45, 2.75) is 34.9 Å². The number of hydrogen-bond acceptors (Lipinski definition) is 0. The van der Waals surface area contributed by atoms with Crippen LogP contribution in [-0.4, -0.2) is 0 Å². The molecule has 8 heavy (non-hydrogen) atoms. The van der Waals surface area contributed by atoms with E-state index in [1.54, 1.807) is 0 Å². The zero-order valence-electron chi connectivity index (χ0n) is 6.03. The molecule has 0 N–H and O–H groups in total. The van der Waals surface area contributed by atoms with Gasteiger partial charge in [-0.3, -0.25) is 4.70 Å². The van der Waals surface area contributed by atoms with Crippen LogP contribution in [0.3, 0.4) is 0 Å². The fourth-order valence-electron chi connectivity index (χ4n) is 0.750. The van der Waals surface area contributed by atoms with Gasteiger partial charge in [0.05, 0.1) is 0 Å². The summed E-state index contributed by atoms with van der Waals surface area (Å²) < 4.78 is 4.56. The molecule has 0 aromatic heterocycles. The summed E-state index contributed by atoms with van der Waals surface area (Å²) in [5.41, 5.74) is 0. The Morgan fingerprint density at radius 2 is 1.12 bits per heavy atom. The molecule has 0 saturated heterocycles. The van der Waals surface area contributed by atoms with Gasteiger partial charge in [0.25, 0.3) is 0 Å². The topological polar surface area (TPSA) is 0 Å². The molecular weight excluding hydrogens is 139 g/mol. The number of hydrogen-bond donors (Lipinski definition) is 0. The van der Waals surface area contributed by atoms with Crippen LogP contribution < -0.4 is 0 Å². The molecule has 0 heterocycles. The van der Waals surface area contributed by atoms with Gasteiger partial charge in [0, 0.05) is 0 Å². The van der Waals surface area contributed by atoms with Crippen molar-refractivity contribution in [2.75, 3.05) is 0 Å². The fourth-order valence-corrected chi connectivity index (χ4v) is 3.09. The predicted octanol–water partition coefficient (Wildman–Crippen LogP) is 3.07. The van der Waals surface area contributed by atoms with Crippen molar-refractivity contribution < 1.29 is 22.6 Å². The Balaban J connectivity index is 0. The first-order chi connectivity index (χ1) is 3.35. The van der Waals surface area contributed by atoms with Gasteiger partial charge in [0.1, 0.15) is 0 Å². The summed E-state index contributed by atoms with van der Waals surface area (Å²) in [6, 6.07) is 0. The van der Waals surface area contributed by atoms with Crippen molar-refractivity contribution in [2.24, 2.45) is 0 Å². The molecule has 0 fully saturated rings. The first-order valence-corrected chi connectivity index (χ1v) is 6.49. The smallest absolute Gasteiger partial charge is 0.269 e. The molecule has 0 bridgehead atoms. The molecule has 0 spiro atoms. The van der Waals surface area contributed by atoms with E-state index in [9.17, 15) is 0 Å². The molecule has 0 radical (unpaired) electrons. The molecular formula is C6H16FTi. The molecule has 0 aromatic carbocycles. The SMILES string of the molecule is C[CH2][Ti]([CH2]C)[CH2]C.F. The largest absolute Gasteiger partial charge is 0.269 e. The Kier molecular flexibility index (Phi) is 10.9. The van der Waals surface area contributed by atoms with Crippen LogP contribution in [0.1, 0.15) is 20.8 Å². The van der Waals surface area contributed by atoms with Crippen molar-refractivity contribution in [3.8, 4) is 0 Å². The zero-order chi connectivity index (χ0) is 5.70. The monoisotopic (exact) mass is 155 g/mol. The average molecular weight is 155 g/mol. The molecule has 0 saturated carbocycles. The van der Waals surface area contributed by atoms with Crippen LogP contribution in [0.2, 0.25) is 14.2 Å². The van der Waals surface area contributed by atoms with Crippen molar-refractivity contribution in [3.63, 3.8) is 0 Å². The first-order valence-electron chi connectivity index (χ1n) is 3.18. The molecule has 51 valence electrons. The standard InChI is InChI=1S/3C2H5.FH.Ti/c3*1-2;;/h3*1H2,2H3;1H;. The zero-order valence-corrected chi connectivity index (χ0v) is 7.59. The molecule has 0 aliphatic heterocycles. The van der Waals surface area contributed by atoms with E-state index < -0.39 is 17.9 Å². The van der Waals surface area contributed by atoms with E-state index in [-0.39, 0.29) is 4.70 Å². The molecule has 0 amide bonds.